The Balaban J connectivity index is 1.47. The molecule has 0 atom stereocenters. The highest BCUT2D eigenvalue weighted by Crippen LogP contribution is 2.35. The summed E-state index contributed by atoms with van der Waals surface area (Å²) < 4.78 is 45.6. The van der Waals surface area contributed by atoms with Gasteiger partial charge in [0, 0.05) is 30.9 Å². The summed E-state index contributed by atoms with van der Waals surface area (Å²) in [6.07, 6.45) is 8.56. The molecule has 0 radical (unpaired) electrons. The average Bonchev–Trinajstić information content (AvgIpc) is 3.38. The fraction of sp³-hybridized carbons (Fsp3) is 0.448. The van der Waals surface area contributed by atoms with E-state index in [1.807, 2.05) is 13.8 Å². The number of amides is 1. The maximum Gasteiger partial charge on any atom is 0.333 e. The Bertz CT molecular complexity index is 1430. The molecule has 4 heterocycles. The van der Waals surface area contributed by atoms with Gasteiger partial charge in [-0.25, -0.2) is 18.9 Å². The van der Waals surface area contributed by atoms with E-state index in [1.54, 1.807) is 17.0 Å². The van der Waals surface area contributed by atoms with Crippen LogP contribution in [0.3, 0.4) is 0 Å². The van der Waals surface area contributed by atoms with Crippen LogP contribution in [0.4, 0.5) is 19.0 Å². The number of aliphatic imine (C=N–C) groups is 1. The van der Waals surface area contributed by atoms with Crippen molar-refractivity contribution in [1.82, 2.24) is 24.4 Å². The summed E-state index contributed by atoms with van der Waals surface area (Å²) in [5, 5.41) is 4.05. The van der Waals surface area contributed by atoms with Crippen molar-refractivity contribution < 1.29 is 18.0 Å². The molecule has 1 aromatic carbocycles. The van der Waals surface area contributed by atoms with Crippen molar-refractivity contribution in [3.63, 3.8) is 0 Å². The molecule has 11 heteroatoms. The molecule has 0 aliphatic carbocycles. The van der Waals surface area contributed by atoms with Crippen LogP contribution >= 0.6 is 0 Å². The molecule has 0 spiro atoms. The predicted octanol–water partition coefficient (Wildman–Crippen LogP) is 5.05. The smallest absolute Gasteiger partial charge is 0.333 e. The lowest BCUT2D eigenvalue weighted by molar-refractivity contribution is 0.0315. The minimum absolute atomic E-state index is 0.0745. The number of hydrogen-bond acceptors (Lipinski definition) is 5. The van der Waals surface area contributed by atoms with E-state index in [1.165, 1.54) is 30.0 Å². The number of amidine groups is 1. The van der Waals surface area contributed by atoms with Gasteiger partial charge in [0.2, 0.25) is 5.82 Å². The minimum atomic E-state index is -3.65. The van der Waals surface area contributed by atoms with Crippen LogP contribution in [-0.4, -0.2) is 68.4 Å². The van der Waals surface area contributed by atoms with E-state index >= 15 is 8.78 Å². The number of allylic oxidation sites excluding steroid dienone is 1. The van der Waals surface area contributed by atoms with Crippen LogP contribution in [0.1, 0.15) is 67.7 Å². The fourth-order valence-corrected chi connectivity index (χ4v) is 5.45. The number of aromatic nitrogens is 3. The lowest BCUT2D eigenvalue weighted by atomic mass is 9.99. The third-order valence-electron chi connectivity index (χ3n) is 7.51. The molecule has 2 aliphatic heterocycles. The highest BCUT2D eigenvalue weighted by atomic mass is 19.3. The van der Waals surface area contributed by atoms with Gasteiger partial charge in [-0.15, -0.1) is 5.10 Å². The van der Waals surface area contributed by atoms with Crippen molar-refractivity contribution in [2.24, 2.45) is 10.7 Å². The van der Waals surface area contributed by atoms with Crippen molar-refractivity contribution in [2.75, 3.05) is 26.2 Å². The van der Waals surface area contributed by atoms with Crippen LogP contribution in [0.2, 0.25) is 0 Å². The van der Waals surface area contributed by atoms with Crippen molar-refractivity contribution in [3.8, 4) is 0 Å². The number of fused-ring (bicyclic) bond motifs is 1. The molecular formula is C29H34F3N7O. The first-order valence-electron chi connectivity index (χ1n) is 13.7. The van der Waals surface area contributed by atoms with Gasteiger partial charge in [-0.05, 0) is 89.0 Å². The molecule has 0 bridgehead atoms. The van der Waals surface area contributed by atoms with Crippen LogP contribution in [0.5, 0.6) is 0 Å². The number of alkyl halides is 2. The molecule has 2 aliphatic rings. The van der Waals surface area contributed by atoms with Crippen molar-refractivity contribution >= 4 is 23.1 Å². The summed E-state index contributed by atoms with van der Waals surface area (Å²) in [5.41, 5.74) is 7.01. The number of nitrogens with zero attached hydrogens (tertiary/aromatic N) is 6. The van der Waals surface area contributed by atoms with Gasteiger partial charge in [0.15, 0.2) is 5.82 Å². The molecule has 2 saturated heterocycles. The Morgan fingerprint density at radius 3 is 2.40 bits per heavy atom. The summed E-state index contributed by atoms with van der Waals surface area (Å²) >= 11 is 0. The fourth-order valence-electron chi connectivity index (χ4n) is 5.45. The monoisotopic (exact) mass is 553 g/mol. The number of piperidine rings is 2. The molecule has 2 aromatic heterocycles. The summed E-state index contributed by atoms with van der Waals surface area (Å²) in [6, 6.07) is 5.93. The SMILES string of the molecule is CC(C)=CC(N)=Nc1nc(C(F)(F)c2ccc(F)cc2)nn2cc(C(=O)N3CCC(N4CCCCC4)CC3)cc12. The van der Waals surface area contributed by atoms with Crippen LogP contribution in [0, 0.1) is 5.82 Å². The number of halogens is 3. The van der Waals surface area contributed by atoms with Crippen molar-refractivity contribution in [1.29, 1.82) is 0 Å². The molecule has 212 valence electrons. The highest BCUT2D eigenvalue weighted by molar-refractivity contribution is 5.98. The second kappa shape index (κ2) is 11.4. The van der Waals surface area contributed by atoms with E-state index in [0.717, 1.165) is 55.8 Å². The molecule has 0 unspecified atom stereocenters. The number of nitrogens with two attached hydrogens (primary N) is 1. The summed E-state index contributed by atoms with van der Waals surface area (Å²) in [4.78, 5) is 26.1. The largest absolute Gasteiger partial charge is 0.384 e. The zero-order valence-electron chi connectivity index (χ0n) is 22.8. The third kappa shape index (κ3) is 5.89. The summed E-state index contributed by atoms with van der Waals surface area (Å²) in [5.74, 6) is -5.34. The average molecular weight is 554 g/mol. The minimum Gasteiger partial charge on any atom is -0.384 e. The summed E-state index contributed by atoms with van der Waals surface area (Å²) in [7, 11) is 0. The second-order valence-electron chi connectivity index (χ2n) is 10.8. The van der Waals surface area contributed by atoms with Gasteiger partial charge in [0.05, 0.1) is 5.56 Å². The van der Waals surface area contributed by atoms with Gasteiger partial charge in [-0.1, -0.05) is 12.0 Å². The Morgan fingerprint density at radius 2 is 1.75 bits per heavy atom. The Kier molecular flexibility index (Phi) is 7.93. The quantitative estimate of drug-likeness (QED) is 0.341. The lowest BCUT2D eigenvalue weighted by Gasteiger charge is -2.40. The molecule has 2 fully saturated rings. The van der Waals surface area contributed by atoms with Gasteiger partial charge in [0.25, 0.3) is 5.91 Å². The molecule has 40 heavy (non-hydrogen) atoms. The first-order chi connectivity index (χ1) is 19.1. The van der Waals surface area contributed by atoms with E-state index in [4.69, 9.17) is 5.73 Å². The molecule has 0 saturated carbocycles. The maximum atomic E-state index is 15.5. The number of benzene rings is 1. The Morgan fingerprint density at radius 1 is 1.07 bits per heavy atom. The van der Waals surface area contributed by atoms with Crippen LogP contribution in [-0.2, 0) is 5.92 Å². The maximum absolute atomic E-state index is 15.5. The highest BCUT2D eigenvalue weighted by Gasteiger charge is 2.39. The molecular weight excluding hydrogens is 519 g/mol. The lowest BCUT2D eigenvalue weighted by Crippen LogP contribution is -2.48. The second-order valence-corrected chi connectivity index (χ2v) is 10.8. The number of hydrogen-bond donors (Lipinski definition) is 1. The standard InChI is InChI=1S/C29H34F3N7O/c1-19(2)16-25(33)34-26-24-17-20(27(40)38-14-10-23(11-15-38)37-12-4-3-5-13-37)18-39(24)36-28(35-26)29(31,32)21-6-8-22(30)9-7-21/h6-9,16-18,23H,3-5,10-15H2,1-2H3,(H2,33,34,35,36). The number of carbonyl (C=O) groups is 1. The molecule has 1 amide bonds. The first kappa shape index (κ1) is 27.8. The van der Waals surface area contributed by atoms with Gasteiger partial charge >= 0.3 is 5.92 Å². The Hall–Kier alpha value is -3.73. The van der Waals surface area contributed by atoms with Crippen LogP contribution in [0.25, 0.3) is 5.52 Å². The number of likely N-dealkylation sites (tertiary alicyclic amines) is 2. The van der Waals surface area contributed by atoms with Gasteiger partial charge < -0.3 is 15.5 Å². The van der Waals surface area contributed by atoms with E-state index in [2.05, 4.69) is 20.0 Å². The van der Waals surface area contributed by atoms with Crippen molar-refractivity contribution in [2.45, 2.75) is 57.9 Å². The topological polar surface area (TPSA) is 92.1 Å². The zero-order valence-corrected chi connectivity index (χ0v) is 22.8. The predicted molar refractivity (Wildman–Crippen MR) is 147 cm³/mol. The zero-order chi connectivity index (χ0) is 28.4. The summed E-state index contributed by atoms with van der Waals surface area (Å²) in [6.45, 7) is 7.15. The molecule has 5 rings (SSSR count). The first-order valence-corrected chi connectivity index (χ1v) is 13.7. The van der Waals surface area contributed by atoms with E-state index in [-0.39, 0.29) is 23.1 Å². The van der Waals surface area contributed by atoms with E-state index in [0.29, 0.717) is 24.7 Å². The number of rotatable bonds is 6. The van der Waals surface area contributed by atoms with E-state index < -0.39 is 23.1 Å². The number of carbonyl (C=O) groups excluding carboxylic acids is 1. The molecule has 3 aromatic rings. The van der Waals surface area contributed by atoms with E-state index in [9.17, 15) is 9.18 Å². The molecule has 2 N–H and O–H groups in total. The normalized spacial score (nSPS) is 17.8. The van der Waals surface area contributed by atoms with Crippen LogP contribution in [0.15, 0.2) is 53.2 Å². The Labute approximate surface area is 231 Å². The third-order valence-corrected chi connectivity index (χ3v) is 7.51. The van der Waals surface area contributed by atoms with Gasteiger partial charge in [-0.3, -0.25) is 4.79 Å². The molecule has 8 nitrogen and oxygen atoms in total. The van der Waals surface area contributed by atoms with Gasteiger partial charge in [0.1, 0.15) is 17.2 Å². The van der Waals surface area contributed by atoms with Crippen molar-refractivity contribution in [3.05, 3.63) is 70.9 Å². The van der Waals surface area contributed by atoms with Crippen LogP contribution < -0.4 is 5.73 Å². The van der Waals surface area contributed by atoms with Gasteiger partial charge in [-0.2, -0.15) is 8.78 Å².